The zero-order chi connectivity index (χ0) is 15.8. The predicted octanol–water partition coefficient (Wildman–Crippen LogP) is 5.86. The highest BCUT2D eigenvalue weighted by Crippen LogP contribution is 2.43. The quantitative estimate of drug-likeness (QED) is 0.465. The van der Waals surface area contributed by atoms with Crippen molar-refractivity contribution in [1.29, 1.82) is 0 Å². The molecule has 0 amide bonds. The van der Waals surface area contributed by atoms with Crippen LogP contribution in [-0.4, -0.2) is 11.4 Å². The number of rotatable bonds is 7. The molecule has 0 aliphatic heterocycles. The van der Waals surface area contributed by atoms with Crippen molar-refractivity contribution in [2.45, 2.75) is 41.9 Å². The maximum absolute atomic E-state index is 5.94. The zero-order valence-corrected chi connectivity index (χ0v) is 14.3. The number of allylic oxidation sites excluding steroid dienone is 1. The minimum absolute atomic E-state index is 0.191. The van der Waals surface area contributed by atoms with Crippen LogP contribution in [0.5, 0.6) is 0 Å². The van der Waals surface area contributed by atoms with Crippen molar-refractivity contribution in [3.05, 3.63) is 78.4 Å². The first-order valence-corrected chi connectivity index (χ1v) is 9.21. The Bertz CT molecular complexity index is 608. The molecule has 0 saturated carbocycles. The van der Waals surface area contributed by atoms with Gasteiger partial charge in [-0.1, -0.05) is 60.7 Å². The third-order valence-corrected chi connectivity index (χ3v) is 5.70. The molecule has 0 fully saturated rings. The monoisotopic (exact) mass is 324 g/mol. The molecule has 120 valence electrons. The summed E-state index contributed by atoms with van der Waals surface area (Å²) < 4.78 is 6.13. The molecule has 0 heterocycles. The molecular weight excluding hydrogens is 300 g/mol. The van der Waals surface area contributed by atoms with E-state index in [1.54, 1.807) is 0 Å². The Balaban J connectivity index is 1.56. The van der Waals surface area contributed by atoms with E-state index in [0.717, 1.165) is 13.0 Å². The van der Waals surface area contributed by atoms with Gasteiger partial charge in [-0.3, -0.25) is 0 Å². The highest BCUT2D eigenvalue weighted by molar-refractivity contribution is 8.00. The number of thioether (sulfide) groups is 1. The lowest BCUT2D eigenvalue weighted by atomic mass is 9.92. The van der Waals surface area contributed by atoms with E-state index in [-0.39, 0.29) is 4.75 Å². The lowest BCUT2D eigenvalue weighted by molar-refractivity contribution is 0.113. The first-order chi connectivity index (χ1) is 11.4. The predicted molar refractivity (Wildman–Crippen MR) is 98.7 cm³/mol. The molecular formula is C21H24OS. The van der Waals surface area contributed by atoms with Crippen LogP contribution in [0.1, 0.15) is 31.2 Å². The van der Waals surface area contributed by atoms with Crippen LogP contribution in [-0.2, 0) is 11.3 Å². The third-order valence-electron chi connectivity index (χ3n) is 4.24. The van der Waals surface area contributed by atoms with Gasteiger partial charge in [0.25, 0.3) is 0 Å². The third kappa shape index (κ3) is 4.98. The average Bonchev–Trinajstić information content (AvgIpc) is 2.61. The lowest BCUT2D eigenvalue weighted by Crippen LogP contribution is -2.26. The van der Waals surface area contributed by atoms with Crippen molar-refractivity contribution in [2.75, 3.05) is 6.61 Å². The molecule has 1 aliphatic carbocycles. The maximum atomic E-state index is 5.94. The standard InChI is InChI=1S/C21H24OS/c1-4-10-19(11-5-1)18-22-17-16-21(14-8-3-9-15-21)23-20-12-6-2-7-13-20/h1-2,4-8,10-14H,3,9,15-18H2. The maximum Gasteiger partial charge on any atom is 0.0716 e. The summed E-state index contributed by atoms with van der Waals surface area (Å²) in [5, 5.41) is 0. The zero-order valence-electron chi connectivity index (χ0n) is 13.5. The average molecular weight is 324 g/mol. The molecule has 0 saturated heterocycles. The van der Waals surface area contributed by atoms with Crippen LogP contribution in [0.2, 0.25) is 0 Å². The van der Waals surface area contributed by atoms with Crippen LogP contribution in [0.15, 0.2) is 77.7 Å². The van der Waals surface area contributed by atoms with Crippen LogP contribution in [0, 0.1) is 0 Å². The summed E-state index contributed by atoms with van der Waals surface area (Å²) in [6, 6.07) is 21.1. The van der Waals surface area contributed by atoms with Gasteiger partial charge in [-0.25, -0.2) is 0 Å². The smallest absolute Gasteiger partial charge is 0.0716 e. The van der Waals surface area contributed by atoms with Gasteiger partial charge in [-0.15, -0.1) is 11.8 Å². The first kappa shape index (κ1) is 16.4. The van der Waals surface area contributed by atoms with E-state index < -0.39 is 0 Å². The Morgan fingerprint density at radius 3 is 2.39 bits per heavy atom. The molecule has 1 aliphatic rings. The molecule has 1 unspecified atom stereocenters. The van der Waals surface area contributed by atoms with Gasteiger partial charge in [0.1, 0.15) is 0 Å². The SMILES string of the molecule is C1=CC(CCOCc2ccccc2)(Sc2ccccc2)CCC1. The number of ether oxygens (including phenoxy) is 1. The summed E-state index contributed by atoms with van der Waals surface area (Å²) in [6.45, 7) is 1.51. The summed E-state index contributed by atoms with van der Waals surface area (Å²) in [4.78, 5) is 1.35. The normalized spacial score (nSPS) is 20.5. The van der Waals surface area contributed by atoms with Gasteiger partial charge in [0.15, 0.2) is 0 Å². The molecule has 0 N–H and O–H groups in total. The van der Waals surface area contributed by atoms with Gasteiger partial charge >= 0.3 is 0 Å². The van der Waals surface area contributed by atoms with Gasteiger partial charge in [0.2, 0.25) is 0 Å². The van der Waals surface area contributed by atoms with E-state index >= 15 is 0 Å². The van der Waals surface area contributed by atoms with E-state index in [4.69, 9.17) is 4.74 Å². The minimum atomic E-state index is 0.191. The van der Waals surface area contributed by atoms with E-state index in [1.807, 2.05) is 17.8 Å². The van der Waals surface area contributed by atoms with E-state index in [1.165, 1.54) is 29.7 Å². The first-order valence-electron chi connectivity index (χ1n) is 8.40. The van der Waals surface area contributed by atoms with Crippen LogP contribution < -0.4 is 0 Å². The molecule has 2 aromatic carbocycles. The van der Waals surface area contributed by atoms with Gasteiger partial charge in [0.05, 0.1) is 6.61 Å². The second kappa shape index (κ2) is 8.37. The van der Waals surface area contributed by atoms with Crippen LogP contribution >= 0.6 is 11.8 Å². The van der Waals surface area contributed by atoms with Crippen LogP contribution in [0.4, 0.5) is 0 Å². The Kier molecular flexibility index (Phi) is 5.95. The van der Waals surface area contributed by atoms with Crippen molar-refractivity contribution in [1.82, 2.24) is 0 Å². The van der Waals surface area contributed by atoms with Crippen molar-refractivity contribution in [3.8, 4) is 0 Å². The Hall–Kier alpha value is -1.51. The summed E-state index contributed by atoms with van der Waals surface area (Å²) >= 11 is 1.99. The van der Waals surface area contributed by atoms with E-state index in [9.17, 15) is 0 Å². The van der Waals surface area contributed by atoms with Crippen molar-refractivity contribution < 1.29 is 4.74 Å². The fraction of sp³-hybridized carbons (Fsp3) is 0.333. The molecule has 23 heavy (non-hydrogen) atoms. The molecule has 2 heteroatoms. The van der Waals surface area contributed by atoms with Crippen LogP contribution in [0.3, 0.4) is 0 Å². The van der Waals surface area contributed by atoms with Gasteiger partial charge in [-0.2, -0.15) is 0 Å². The molecule has 0 spiro atoms. The van der Waals surface area contributed by atoms with Gasteiger partial charge in [-0.05, 0) is 43.4 Å². The molecule has 1 atom stereocenters. The number of hydrogen-bond donors (Lipinski definition) is 0. The Morgan fingerprint density at radius 1 is 0.957 bits per heavy atom. The molecule has 0 aromatic heterocycles. The van der Waals surface area contributed by atoms with Gasteiger partial charge < -0.3 is 4.74 Å². The largest absolute Gasteiger partial charge is 0.377 e. The number of benzene rings is 2. The molecule has 0 radical (unpaired) electrons. The summed E-state index contributed by atoms with van der Waals surface area (Å²) in [5.41, 5.74) is 1.25. The summed E-state index contributed by atoms with van der Waals surface area (Å²) in [6.07, 6.45) is 9.54. The fourth-order valence-electron chi connectivity index (χ4n) is 2.98. The highest BCUT2D eigenvalue weighted by atomic mass is 32.2. The fourth-order valence-corrected chi connectivity index (χ4v) is 4.34. The van der Waals surface area contributed by atoms with E-state index in [2.05, 4.69) is 66.7 Å². The van der Waals surface area contributed by atoms with Crippen molar-refractivity contribution in [3.63, 3.8) is 0 Å². The number of hydrogen-bond acceptors (Lipinski definition) is 2. The Labute approximate surface area is 143 Å². The topological polar surface area (TPSA) is 9.23 Å². The van der Waals surface area contributed by atoms with Crippen LogP contribution in [0.25, 0.3) is 0 Å². The van der Waals surface area contributed by atoms with E-state index in [0.29, 0.717) is 6.61 Å². The molecule has 3 rings (SSSR count). The lowest BCUT2D eigenvalue weighted by Gasteiger charge is -2.32. The molecule has 1 nitrogen and oxygen atoms in total. The second-order valence-electron chi connectivity index (χ2n) is 6.06. The molecule has 2 aromatic rings. The van der Waals surface area contributed by atoms with Crippen molar-refractivity contribution in [2.24, 2.45) is 0 Å². The molecule has 0 bridgehead atoms. The Morgan fingerprint density at radius 2 is 1.70 bits per heavy atom. The van der Waals surface area contributed by atoms with Crippen molar-refractivity contribution >= 4 is 11.8 Å². The second-order valence-corrected chi connectivity index (χ2v) is 7.55. The highest BCUT2D eigenvalue weighted by Gasteiger charge is 2.29. The minimum Gasteiger partial charge on any atom is -0.377 e. The summed E-state index contributed by atoms with van der Waals surface area (Å²) in [5.74, 6) is 0. The van der Waals surface area contributed by atoms with Gasteiger partial charge in [0, 0.05) is 16.2 Å². The summed E-state index contributed by atoms with van der Waals surface area (Å²) in [7, 11) is 0.